The van der Waals surface area contributed by atoms with E-state index in [0.717, 1.165) is 0 Å². The summed E-state index contributed by atoms with van der Waals surface area (Å²) in [7, 11) is -1.35. The Hall–Kier alpha value is -1.89. The standard InChI is InChI=1S/C24H37NO5S.C2H6/c1-22(2,3)29-21(27)25-13-11-24(12-14-25)16-19(26)18-15-17(9-10-20(18)28-24)30-31(7,8)23(4,5)6;1-2/h9-10,15H,11-14,16H2,1-8H3;1-2H3. The maximum atomic E-state index is 13.0. The highest BCUT2D eigenvalue weighted by molar-refractivity contribution is 8.30. The Morgan fingerprint density at radius 3 is 2.15 bits per heavy atom. The largest absolute Gasteiger partial charge is 0.486 e. The quantitative estimate of drug-likeness (QED) is 0.476. The molecule has 0 saturated carbocycles. The highest BCUT2D eigenvalue weighted by Crippen LogP contribution is 2.54. The van der Waals surface area contributed by atoms with E-state index in [9.17, 15) is 9.59 Å². The average Bonchev–Trinajstić information content (AvgIpc) is 2.68. The molecule has 0 aromatic heterocycles. The van der Waals surface area contributed by atoms with Crippen molar-refractivity contribution >= 4 is 22.2 Å². The number of ketones is 1. The van der Waals surface area contributed by atoms with Gasteiger partial charge in [0, 0.05) is 30.7 Å². The first-order valence-electron chi connectivity index (χ1n) is 11.9. The van der Waals surface area contributed by atoms with Crippen LogP contribution in [-0.2, 0) is 4.74 Å². The van der Waals surface area contributed by atoms with Crippen LogP contribution in [-0.4, -0.2) is 58.3 Å². The zero-order valence-corrected chi connectivity index (χ0v) is 23.0. The van der Waals surface area contributed by atoms with Crippen molar-refractivity contribution in [2.45, 2.75) is 90.6 Å². The zero-order chi connectivity index (χ0) is 25.2. The van der Waals surface area contributed by atoms with Gasteiger partial charge in [-0.15, -0.1) is 0 Å². The summed E-state index contributed by atoms with van der Waals surface area (Å²) in [5.41, 5.74) is -0.492. The van der Waals surface area contributed by atoms with E-state index in [1.807, 2.05) is 52.8 Å². The van der Waals surface area contributed by atoms with Crippen LogP contribution < -0.4 is 8.92 Å². The van der Waals surface area contributed by atoms with Crippen molar-refractivity contribution in [3.63, 3.8) is 0 Å². The summed E-state index contributed by atoms with van der Waals surface area (Å²) in [6.45, 7) is 17.1. The molecule has 1 spiro atoms. The lowest BCUT2D eigenvalue weighted by atomic mass is 9.82. The molecule has 7 heteroatoms. The highest BCUT2D eigenvalue weighted by Gasteiger charge is 2.44. The summed E-state index contributed by atoms with van der Waals surface area (Å²) < 4.78 is 18.2. The molecule has 0 bridgehead atoms. The van der Waals surface area contributed by atoms with Gasteiger partial charge in [0.15, 0.2) is 5.78 Å². The van der Waals surface area contributed by atoms with Gasteiger partial charge in [-0.2, -0.15) is 0 Å². The Morgan fingerprint density at radius 1 is 1.06 bits per heavy atom. The molecule has 0 atom stereocenters. The number of likely N-dealkylation sites (tertiary alicyclic amines) is 1. The molecule has 1 aromatic carbocycles. The van der Waals surface area contributed by atoms with Gasteiger partial charge >= 0.3 is 6.09 Å². The van der Waals surface area contributed by atoms with Gasteiger partial charge in [-0.1, -0.05) is 24.2 Å². The van der Waals surface area contributed by atoms with Gasteiger partial charge in [0.1, 0.15) is 22.7 Å². The highest BCUT2D eigenvalue weighted by atomic mass is 32.3. The lowest BCUT2D eigenvalue weighted by molar-refractivity contribution is -0.0226. The third-order valence-corrected chi connectivity index (χ3v) is 9.72. The Morgan fingerprint density at radius 2 is 1.64 bits per heavy atom. The van der Waals surface area contributed by atoms with Gasteiger partial charge in [0.25, 0.3) is 0 Å². The van der Waals surface area contributed by atoms with Crippen molar-refractivity contribution in [3.8, 4) is 11.5 Å². The molecule has 1 amide bonds. The lowest BCUT2D eigenvalue weighted by Gasteiger charge is -2.45. The van der Waals surface area contributed by atoms with Crippen molar-refractivity contribution < 1.29 is 23.2 Å². The number of ether oxygens (including phenoxy) is 2. The number of hydrogen-bond donors (Lipinski definition) is 0. The van der Waals surface area contributed by atoms with Crippen molar-refractivity contribution in [1.82, 2.24) is 4.90 Å². The normalized spacial score (nSPS) is 18.5. The van der Waals surface area contributed by atoms with Crippen LogP contribution in [0, 0.1) is 0 Å². The van der Waals surface area contributed by atoms with Crippen LogP contribution in [0.1, 0.15) is 85.0 Å². The number of amides is 1. The molecule has 2 aliphatic rings. The smallest absolute Gasteiger partial charge is 0.410 e. The summed E-state index contributed by atoms with van der Waals surface area (Å²) in [5.74, 6) is 1.39. The molecular formula is C26H43NO5S. The summed E-state index contributed by atoms with van der Waals surface area (Å²) in [6, 6.07) is 5.56. The van der Waals surface area contributed by atoms with E-state index in [-0.39, 0.29) is 16.6 Å². The van der Waals surface area contributed by atoms with Crippen LogP contribution in [0.3, 0.4) is 0 Å². The van der Waals surface area contributed by atoms with Crippen LogP contribution in [0.15, 0.2) is 18.2 Å². The second kappa shape index (κ2) is 9.77. The summed E-state index contributed by atoms with van der Waals surface area (Å²) in [6.07, 6.45) is 5.50. The second-order valence-corrected chi connectivity index (χ2v) is 14.8. The Labute approximate surface area is 201 Å². The zero-order valence-electron chi connectivity index (χ0n) is 22.2. The van der Waals surface area contributed by atoms with Crippen LogP contribution in [0.25, 0.3) is 0 Å². The minimum atomic E-state index is -1.35. The molecular weight excluding hydrogens is 438 g/mol. The van der Waals surface area contributed by atoms with E-state index in [1.54, 1.807) is 4.90 Å². The predicted molar refractivity (Wildman–Crippen MR) is 137 cm³/mol. The van der Waals surface area contributed by atoms with Crippen molar-refractivity contribution in [1.29, 1.82) is 0 Å². The summed E-state index contributed by atoms with van der Waals surface area (Å²) >= 11 is 0. The number of nitrogens with zero attached hydrogens (tertiary/aromatic N) is 1. The van der Waals surface area contributed by atoms with Gasteiger partial charge in [0.2, 0.25) is 0 Å². The topological polar surface area (TPSA) is 65.1 Å². The SMILES string of the molecule is CC.CC(C)(C)OC(=O)N1CCC2(CC1)CC(=O)c1cc(OS(C)(C)C(C)(C)C)ccc1O2. The number of rotatable bonds is 2. The van der Waals surface area contributed by atoms with Crippen LogP contribution in [0.5, 0.6) is 11.5 Å². The molecule has 1 aromatic rings. The molecule has 0 radical (unpaired) electrons. The van der Waals surface area contributed by atoms with Crippen LogP contribution in [0.4, 0.5) is 4.79 Å². The lowest BCUT2D eigenvalue weighted by Crippen LogP contribution is -2.52. The fourth-order valence-electron chi connectivity index (χ4n) is 3.59. The molecule has 0 N–H and O–H groups in total. The van der Waals surface area contributed by atoms with E-state index in [0.29, 0.717) is 49.4 Å². The van der Waals surface area contributed by atoms with Gasteiger partial charge in [0.05, 0.1) is 12.0 Å². The molecule has 0 aliphatic carbocycles. The van der Waals surface area contributed by atoms with E-state index in [4.69, 9.17) is 13.7 Å². The summed E-state index contributed by atoms with van der Waals surface area (Å²) in [5, 5.41) is 0. The molecule has 1 saturated heterocycles. The minimum Gasteiger partial charge on any atom is -0.486 e. The van der Waals surface area contributed by atoms with Crippen molar-refractivity contribution in [2.75, 3.05) is 25.6 Å². The number of Topliss-reactive ketones (excluding diaryl/α,β-unsaturated/α-hetero) is 1. The first-order valence-corrected chi connectivity index (χ1v) is 14.2. The maximum absolute atomic E-state index is 13.0. The maximum Gasteiger partial charge on any atom is 0.410 e. The molecule has 2 aliphatic heterocycles. The van der Waals surface area contributed by atoms with Crippen molar-refractivity contribution in [3.05, 3.63) is 23.8 Å². The van der Waals surface area contributed by atoms with Gasteiger partial charge in [-0.05, 0) is 72.3 Å². The number of piperidine rings is 1. The molecule has 3 rings (SSSR count). The van der Waals surface area contributed by atoms with Crippen molar-refractivity contribution in [2.24, 2.45) is 0 Å². The van der Waals surface area contributed by atoms with E-state index < -0.39 is 21.5 Å². The van der Waals surface area contributed by atoms with Gasteiger partial charge in [-0.25, -0.2) is 4.79 Å². The third-order valence-electron chi connectivity index (χ3n) is 6.17. The van der Waals surface area contributed by atoms with Crippen LogP contribution >= 0.6 is 10.3 Å². The Bertz CT molecular complexity index is 858. The average molecular weight is 482 g/mol. The first-order chi connectivity index (χ1) is 15.1. The number of hydrogen-bond acceptors (Lipinski definition) is 5. The van der Waals surface area contributed by atoms with Gasteiger partial charge < -0.3 is 18.6 Å². The number of benzene rings is 1. The molecule has 6 nitrogen and oxygen atoms in total. The molecule has 0 unspecified atom stereocenters. The summed E-state index contributed by atoms with van der Waals surface area (Å²) in [4.78, 5) is 27.1. The predicted octanol–water partition coefficient (Wildman–Crippen LogP) is 6.60. The fourth-order valence-corrected chi connectivity index (χ4v) is 4.43. The number of fused-ring (bicyclic) bond motifs is 1. The monoisotopic (exact) mass is 481 g/mol. The van der Waals surface area contributed by atoms with E-state index in [1.165, 1.54) is 0 Å². The Kier molecular flexibility index (Phi) is 8.10. The molecule has 1 fully saturated rings. The second-order valence-electron chi connectivity index (χ2n) is 10.9. The molecule has 33 heavy (non-hydrogen) atoms. The first kappa shape index (κ1) is 27.4. The molecule has 188 valence electrons. The van der Waals surface area contributed by atoms with Gasteiger partial charge in [-0.3, -0.25) is 4.79 Å². The number of carbonyl (C=O) groups is 2. The van der Waals surface area contributed by atoms with E-state index in [2.05, 4.69) is 33.3 Å². The molecule has 2 heterocycles. The van der Waals surface area contributed by atoms with E-state index >= 15 is 0 Å². The minimum absolute atomic E-state index is 0.0234. The Balaban J connectivity index is 0.00000187. The van der Waals surface area contributed by atoms with Crippen LogP contribution in [0.2, 0.25) is 0 Å². The third kappa shape index (κ3) is 6.58. The fraction of sp³-hybridized carbons (Fsp3) is 0.692. The number of carbonyl (C=O) groups excluding carboxylic acids is 2.